The van der Waals surface area contributed by atoms with Gasteiger partial charge in [0.05, 0.1) is 0 Å². The first-order chi connectivity index (χ1) is 9.58. The lowest BCUT2D eigenvalue weighted by Gasteiger charge is -2.14. The molecule has 1 fully saturated rings. The van der Waals surface area contributed by atoms with Crippen LogP contribution in [0.15, 0.2) is 23.4 Å². The minimum Gasteiger partial charge on any atom is -0.409 e. The topological polar surface area (TPSA) is 90.9 Å². The van der Waals surface area contributed by atoms with Gasteiger partial charge in [0.25, 0.3) is 0 Å². The Bertz CT molecular complexity index is 501. The number of oxime groups is 1. The zero-order valence-electron chi connectivity index (χ0n) is 11.3. The number of aliphatic hydroxyl groups excluding tert-OH is 1. The normalized spacial score (nSPS) is 17.2. The molecule has 0 saturated heterocycles. The van der Waals surface area contributed by atoms with Crippen molar-refractivity contribution in [1.29, 1.82) is 0 Å². The fourth-order valence-corrected chi connectivity index (χ4v) is 2.36. The Balaban J connectivity index is 1.94. The maximum Gasteiger partial charge on any atom is 0.170 e. The van der Waals surface area contributed by atoms with E-state index in [-0.39, 0.29) is 17.9 Å². The Hall–Kier alpha value is -1.66. The Kier molecular flexibility index (Phi) is 4.57. The summed E-state index contributed by atoms with van der Waals surface area (Å²) in [6.45, 7) is 1.52. The van der Waals surface area contributed by atoms with Crippen LogP contribution in [0.5, 0.6) is 0 Å². The molecule has 1 aromatic carbocycles. The van der Waals surface area contributed by atoms with Crippen molar-refractivity contribution in [3.05, 3.63) is 35.1 Å². The van der Waals surface area contributed by atoms with Crippen molar-refractivity contribution in [3.63, 3.8) is 0 Å². The highest BCUT2D eigenvalue weighted by Gasteiger charge is 2.41. The van der Waals surface area contributed by atoms with E-state index in [0.29, 0.717) is 12.1 Å². The summed E-state index contributed by atoms with van der Waals surface area (Å²) in [6.07, 6.45) is 3.05. The van der Waals surface area contributed by atoms with Crippen LogP contribution in [0.4, 0.5) is 4.39 Å². The number of nitrogens with two attached hydrogens (primary N) is 1. The molecule has 1 saturated carbocycles. The Morgan fingerprint density at radius 1 is 1.40 bits per heavy atom. The standard InChI is InChI=1S/C14H20FN3O2/c15-12-6-10(5-11(7-12)13(16)18-20)8-17-9-14(1-2-14)3-4-19/h5-7,17,19-20H,1-4,8-9H2,(H2,16,18). The molecule has 0 bridgehead atoms. The molecule has 0 radical (unpaired) electrons. The fraction of sp³-hybridized carbons (Fsp3) is 0.500. The minimum absolute atomic E-state index is 0.107. The first-order valence-electron chi connectivity index (χ1n) is 6.67. The van der Waals surface area contributed by atoms with E-state index < -0.39 is 5.82 Å². The highest BCUT2D eigenvalue weighted by Crippen LogP contribution is 2.47. The maximum atomic E-state index is 13.5. The highest BCUT2D eigenvalue weighted by atomic mass is 19.1. The van der Waals surface area contributed by atoms with Gasteiger partial charge in [-0.1, -0.05) is 5.16 Å². The predicted octanol–water partition coefficient (Wildman–Crippen LogP) is 1.17. The highest BCUT2D eigenvalue weighted by molar-refractivity contribution is 5.97. The molecule has 5 nitrogen and oxygen atoms in total. The first kappa shape index (κ1) is 14.7. The van der Waals surface area contributed by atoms with Gasteiger partial charge >= 0.3 is 0 Å². The second-order valence-corrected chi connectivity index (χ2v) is 5.41. The largest absolute Gasteiger partial charge is 0.409 e. The van der Waals surface area contributed by atoms with Crippen molar-refractivity contribution < 1.29 is 14.7 Å². The molecule has 0 unspecified atom stereocenters. The van der Waals surface area contributed by atoms with E-state index in [2.05, 4.69) is 10.5 Å². The molecule has 0 aromatic heterocycles. The summed E-state index contributed by atoms with van der Waals surface area (Å²) in [5.41, 5.74) is 6.79. The van der Waals surface area contributed by atoms with Crippen LogP contribution in [0, 0.1) is 11.2 Å². The van der Waals surface area contributed by atoms with Gasteiger partial charge in [0.1, 0.15) is 5.82 Å². The van der Waals surface area contributed by atoms with Gasteiger partial charge < -0.3 is 21.4 Å². The van der Waals surface area contributed by atoms with E-state index in [1.54, 1.807) is 6.07 Å². The first-order valence-corrected chi connectivity index (χ1v) is 6.67. The molecule has 1 aliphatic rings. The van der Waals surface area contributed by atoms with Crippen LogP contribution in [-0.2, 0) is 6.54 Å². The lowest BCUT2D eigenvalue weighted by atomic mass is 10.0. The lowest BCUT2D eigenvalue weighted by molar-refractivity contribution is 0.245. The van der Waals surface area contributed by atoms with Crippen molar-refractivity contribution in [2.45, 2.75) is 25.8 Å². The molecule has 2 rings (SSSR count). The molecule has 6 heteroatoms. The predicted molar refractivity (Wildman–Crippen MR) is 74.0 cm³/mol. The van der Waals surface area contributed by atoms with Crippen molar-refractivity contribution in [3.8, 4) is 0 Å². The number of nitrogens with one attached hydrogen (secondary N) is 1. The third-order valence-corrected chi connectivity index (χ3v) is 3.79. The van der Waals surface area contributed by atoms with Crippen LogP contribution in [-0.4, -0.2) is 29.3 Å². The van der Waals surface area contributed by atoms with Gasteiger partial charge in [-0.2, -0.15) is 0 Å². The maximum absolute atomic E-state index is 13.5. The summed E-state index contributed by atoms with van der Waals surface area (Å²) in [4.78, 5) is 0. The second-order valence-electron chi connectivity index (χ2n) is 5.41. The second kappa shape index (κ2) is 6.19. The minimum atomic E-state index is -0.414. The molecule has 0 amide bonds. The monoisotopic (exact) mass is 281 g/mol. The number of hydrogen-bond donors (Lipinski definition) is 4. The number of hydrogen-bond acceptors (Lipinski definition) is 4. The Morgan fingerprint density at radius 2 is 2.15 bits per heavy atom. The molecule has 110 valence electrons. The average molecular weight is 281 g/mol. The van der Waals surface area contributed by atoms with Gasteiger partial charge in [-0.05, 0) is 48.4 Å². The summed E-state index contributed by atoms with van der Waals surface area (Å²) in [6, 6.07) is 4.34. The van der Waals surface area contributed by atoms with Crippen molar-refractivity contribution >= 4 is 5.84 Å². The van der Waals surface area contributed by atoms with E-state index in [1.807, 2.05) is 0 Å². The van der Waals surface area contributed by atoms with Crippen LogP contribution in [0.1, 0.15) is 30.4 Å². The lowest BCUT2D eigenvalue weighted by Crippen LogP contribution is -2.24. The van der Waals surface area contributed by atoms with E-state index >= 15 is 0 Å². The summed E-state index contributed by atoms with van der Waals surface area (Å²) in [5, 5.41) is 23.8. The molecule has 1 aliphatic carbocycles. The SMILES string of the molecule is N/C(=N/O)c1cc(F)cc(CNCC2(CCO)CC2)c1. The smallest absolute Gasteiger partial charge is 0.170 e. The third kappa shape index (κ3) is 3.68. The fourth-order valence-electron chi connectivity index (χ4n) is 2.36. The molecule has 0 spiro atoms. The molecule has 5 N–H and O–H groups in total. The molecule has 1 aromatic rings. The molecule has 0 heterocycles. The summed E-state index contributed by atoms with van der Waals surface area (Å²) in [5.74, 6) is -0.521. The van der Waals surface area contributed by atoms with Gasteiger partial charge in [-0.25, -0.2) is 4.39 Å². The van der Waals surface area contributed by atoms with E-state index in [9.17, 15) is 4.39 Å². The third-order valence-electron chi connectivity index (χ3n) is 3.79. The quantitative estimate of drug-likeness (QED) is 0.261. The number of benzene rings is 1. The van der Waals surface area contributed by atoms with E-state index in [4.69, 9.17) is 16.0 Å². The van der Waals surface area contributed by atoms with Gasteiger partial charge in [-0.3, -0.25) is 0 Å². The molecular weight excluding hydrogens is 261 g/mol. The van der Waals surface area contributed by atoms with Gasteiger partial charge in [0.2, 0.25) is 0 Å². The zero-order chi connectivity index (χ0) is 14.6. The number of halogens is 1. The Labute approximate surface area is 117 Å². The van der Waals surface area contributed by atoms with Crippen molar-refractivity contribution in [2.24, 2.45) is 16.3 Å². The summed E-state index contributed by atoms with van der Waals surface area (Å²) >= 11 is 0. The zero-order valence-corrected chi connectivity index (χ0v) is 11.3. The summed E-state index contributed by atoms with van der Waals surface area (Å²) < 4.78 is 13.5. The Morgan fingerprint density at radius 3 is 2.75 bits per heavy atom. The number of aliphatic hydroxyl groups is 1. The number of rotatable bonds is 7. The van der Waals surface area contributed by atoms with Gasteiger partial charge in [-0.15, -0.1) is 0 Å². The van der Waals surface area contributed by atoms with Gasteiger partial charge in [0.15, 0.2) is 5.84 Å². The number of amidine groups is 1. The number of nitrogens with zero attached hydrogens (tertiary/aromatic N) is 1. The molecular formula is C14H20FN3O2. The van der Waals surface area contributed by atoms with E-state index in [0.717, 1.165) is 31.4 Å². The van der Waals surface area contributed by atoms with Crippen molar-refractivity contribution in [1.82, 2.24) is 5.32 Å². The van der Waals surface area contributed by atoms with Crippen LogP contribution in [0.2, 0.25) is 0 Å². The van der Waals surface area contributed by atoms with Crippen LogP contribution < -0.4 is 11.1 Å². The molecule has 0 atom stereocenters. The van der Waals surface area contributed by atoms with Crippen LogP contribution >= 0.6 is 0 Å². The molecule has 0 aliphatic heterocycles. The summed E-state index contributed by atoms with van der Waals surface area (Å²) in [7, 11) is 0. The van der Waals surface area contributed by atoms with Crippen LogP contribution in [0.3, 0.4) is 0 Å². The average Bonchev–Trinajstić information content (AvgIpc) is 3.17. The van der Waals surface area contributed by atoms with E-state index in [1.165, 1.54) is 12.1 Å². The molecule has 20 heavy (non-hydrogen) atoms. The van der Waals surface area contributed by atoms with Gasteiger partial charge in [0, 0.05) is 25.3 Å². The van der Waals surface area contributed by atoms with Crippen LogP contribution in [0.25, 0.3) is 0 Å². The van der Waals surface area contributed by atoms with Crippen molar-refractivity contribution in [2.75, 3.05) is 13.2 Å².